The van der Waals surface area contributed by atoms with Crippen LogP contribution in [-0.2, 0) is 6.42 Å². The third kappa shape index (κ3) is 1.76. The molecule has 0 aliphatic carbocycles. The molecular formula is C8H11N3O. The van der Waals surface area contributed by atoms with Gasteiger partial charge in [-0.2, -0.15) is 10.2 Å². The molecule has 0 saturated carbocycles. The van der Waals surface area contributed by atoms with E-state index in [1.54, 1.807) is 0 Å². The average Bonchev–Trinajstić information content (AvgIpc) is 2.43. The van der Waals surface area contributed by atoms with E-state index in [4.69, 9.17) is 10.4 Å². The normalized spacial score (nSPS) is 9.67. The lowest BCUT2D eigenvalue weighted by Gasteiger charge is -1.90. The number of aromatic hydroxyl groups is 1. The summed E-state index contributed by atoms with van der Waals surface area (Å²) in [6.45, 7) is 2.08. The number of aromatic nitrogens is 2. The van der Waals surface area contributed by atoms with E-state index in [9.17, 15) is 0 Å². The number of unbranched alkanes of at least 4 members (excludes halogenated alkanes) is 1. The van der Waals surface area contributed by atoms with E-state index >= 15 is 0 Å². The van der Waals surface area contributed by atoms with Crippen LogP contribution < -0.4 is 0 Å². The highest BCUT2D eigenvalue weighted by atomic mass is 16.3. The summed E-state index contributed by atoms with van der Waals surface area (Å²) in [7, 11) is 0. The fraction of sp³-hybridized carbons (Fsp3) is 0.500. The van der Waals surface area contributed by atoms with Gasteiger partial charge in [-0.15, -0.1) is 0 Å². The van der Waals surface area contributed by atoms with Crippen molar-refractivity contribution in [1.29, 1.82) is 5.26 Å². The second-order valence-electron chi connectivity index (χ2n) is 2.60. The number of hydrogen-bond acceptors (Lipinski definition) is 3. The molecular weight excluding hydrogens is 154 g/mol. The Morgan fingerprint density at radius 1 is 1.67 bits per heavy atom. The number of aryl methyl sites for hydroxylation is 1. The Kier molecular flexibility index (Phi) is 2.70. The van der Waals surface area contributed by atoms with E-state index in [2.05, 4.69) is 16.9 Å². The highest BCUT2D eigenvalue weighted by Gasteiger charge is 2.06. The first kappa shape index (κ1) is 8.60. The van der Waals surface area contributed by atoms with Gasteiger partial charge in [0, 0.05) is 6.42 Å². The molecule has 64 valence electrons. The lowest BCUT2D eigenvalue weighted by atomic mass is 10.2. The Morgan fingerprint density at radius 3 is 2.92 bits per heavy atom. The van der Waals surface area contributed by atoms with Crippen molar-refractivity contribution in [3.63, 3.8) is 0 Å². The quantitative estimate of drug-likeness (QED) is 0.709. The van der Waals surface area contributed by atoms with Crippen molar-refractivity contribution in [1.82, 2.24) is 9.97 Å². The van der Waals surface area contributed by atoms with Crippen LogP contribution in [0.5, 0.6) is 5.88 Å². The molecule has 12 heavy (non-hydrogen) atoms. The fourth-order valence-electron chi connectivity index (χ4n) is 0.952. The maximum atomic E-state index is 9.07. The Balaban J connectivity index is 2.70. The maximum Gasteiger partial charge on any atom is 0.248 e. The smallest absolute Gasteiger partial charge is 0.248 e. The van der Waals surface area contributed by atoms with Crippen molar-refractivity contribution < 1.29 is 5.11 Å². The Bertz CT molecular complexity index is 298. The molecule has 4 nitrogen and oxygen atoms in total. The number of nitriles is 1. The molecule has 1 rings (SSSR count). The number of H-pyrrole nitrogens is 1. The van der Waals surface area contributed by atoms with Gasteiger partial charge in [-0.3, -0.25) is 0 Å². The zero-order chi connectivity index (χ0) is 8.97. The minimum atomic E-state index is -0.191. The van der Waals surface area contributed by atoms with Gasteiger partial charge in [0.1, 0.15) is 11.9 Å². The predicted octanol–water partition coefficient (Wildman–Crippen LogP) is 1.33. The average molecular weight is 165 g/mol. The minimum Gasteiger partial charge on any atom is -0.491 e. The Labute approximate surface area is 70.9 Å². The summed E-state index contributed by atoms with van der Waals surface area (Å²) in [4.78, 5) is 6.54. The van der Waals surface area contributed by atoms with Crippen LogP contribution in [0, 0.1) is 11.3 Å². The first-order valence-electron chi connectivity index (χ1n) is 3.96. The molecule has 0 radical (unpaired) electrons. The number of nitrogens with zero attached hydrogens (tertiary/aromatic N) is 2. The topological polar surface area (TPSA) is 72.7 Å². The first-order valence-corrected chi connectivity index (χ1v) is 3.96. The highest BCUT2D eigenvalue weighted by molar-refractivity contribution is 5.31. The molecule has 0 aliphatic heterocycles. The molecule has 1 aromatic heterocycles. The number of imidazole rings is 1. The third-order valence-corrected chi connectivity index (χ3v) is 1.61. The van der Waals surface area contributed by atoms with E-state index in [1.165, 1.54) is 0 Å². The summed E-state index contributed by atoms with van der Waals surface area (Å²) in [6, 6.07) is 1.82. The van der Waals surface area contributed by atoms with Crippen LogP contribution in [0.3, 0.4) is 0 Å². The highest BCUT2D eigenvalue weighted by Crippen LogP contribution is 2.12. The van der Waals surface area contributed by atoms with Crippen LogP contribution in [0.15, 0.2) is 0 Å². The number of rotatable bonds is 3. The summed E-state index contributed by atoms with van der Waals surface area (Å²) in [5, 5.41) is 17.5. The molecule has 0 aliphatic rings. The number of nitrogens with one attached hydrogen (secondary N) is 1. The summed E-state index contributed by atoms with van der Waals surface area (Å²) in [5.74, 6) is 0.495. The van der Waals surface area contributed by atoms with Gasteiger partial charge in [-0.1, -0.05) is 13.3 Å². The molecule has 0 aromatic carbocycles. The minimum absolute atomic E-state index is 0.154. The molecule has 0 fully saturated rings. The molecule has 1 aromatic rings. The molecule has 0 amide bonds. The van der Waals surface area contributed by atoms with E-state index in [0.29, 0.717) is 5.82 Å². The Morgan fingerprint density at radius 2 is 2.42 bits per heavy atom. The van der Waals surface area contributed by atoms with Crippen LogP contribution in [0.2, 0.25) is 0 Å². The predicted molar refractivity (Wildman–Crippen MR) is 43.6 cm³/mol. The van der Waals surface area contributed by atoms with Crippen molar-refractivity contribution in [2.75, 3.05) is 0 Å². The fourth-order valence-corrected chi connectivity index (χ4v) is 0.952. The van der Waals surface area contributed by atoms with Gasteiger partial charge in [-0.25, -0.2) is 0 Å². The van der Waals surface area contributed by atoms with Crippen molar-refractivity contribution in [2.24, 2.45) is 0 Å². The number of aromatic amines is 1. The van der Waals surface area contributed by atoms with Crippen LogP contribution in [0.1, 0.15) is 31.3 Å². The maximum absolute atomic E-state index is 9.07. The molecule has 2 N–H and O–H groups in total. The lowest BCUT2D eigenvalue weighted by molar-refractivity contribution is 0.453. The largest absolute Gasteiger partial charge is 0.491 e. The van der Waals surface area contributed by atoms with E-state index in [-0.39, 0.29) is 11.6 Å². The van der Waals surface area contributed by atoms with E-state index in [0.717, 1.165) is 19.3 Å². The van der Waals surface area contributed by atoms with Crippen molar-refractivity contribution in [3.8, 4) is 11.9 Å². The molecule has 0 saturated heterocycles. The van der Waals surface area contributed by atoms with Crippen LogP contribution in [-0.4, -0.2) is 15.1 Å². The summed E-state index contributed by atoms with van der Waals surface area (Å²) < 4.78 is 0. The molecule has 0 bridgehead atoms. The Hall–Kier alpha value is -1.50. The third-order valence-electron chi connectivity index (χ3n) is 1.61. The van der Waals surface area contributed by atoms with Gasteiger partial charge >= 0.3 is 0 Å². The second kappa shape index (κ2) is 3.77. The molecule has 4 heteroatoms. The summed E-state index contributed by atoms with van der Waals surface area (Å²) in [6.07, 6.45) is 2.87. The zero-order valence-corrected chi connectivity index (χ0v) is 6.96. The van der Waals surface area contributed by atoms with Gasteiger partial charge in [0.05, 0.1) is 0 Å². The summed E-state index contributed by atoms with van der Waals surface area (Å²) in [5.41, 5.74) is 0.154. The van der Waals surface area contributed by atoms with Crippen molar-refractivity contribution >= 4 is 0 Å². The van der Waals surface area contributed by atoms with Gasteiger partial charge in [0.15, 0.2) is 5.69 Å². The van der Waals surface area contributed by atoms with E-state index < -0.39 is 0 Å². The molecule has 0 atom stereocenters. The van der Waals surface area contributed by atoms with Crippen molar-refractivity contribution in [3.05, 3.63) is 11.5 Å². The number of hydrogen-bond donors (Lipinski definition) is 2. The molecule has 0 spiro atoms. The van der Waals surface area contributed by atoms with Crippen LogP contribution in [0.25, 0.3) is 0 Å². The summed E-state index contributed by atoms with van der Waals surface area (Å²) >= 11 is 0. The standard InChI is InChI=1S/C8H11N3O/c1-2-3-4-7-10-6(5-9)8(12)11-7/h12H,2-4H2,1H3,(H,10,11). The van der Waals surface area contributed by atoms with E-state index in [1.807, 2.05) is 6.07 Å². The zero-order valence-electron chi connectivity index (χ0n) is 6.96. The van der Waals surface area contributed by atoms with Gasteiger partial charge in [0.2, 0.25) is 5.88 Å². The molecule has 1 heterocycles. The van der Waals surface area contributed by atoms with Gasteiger partial charge < -0.3 is 10.1 Å². The monoisotopic (exact) mass is 165 g/mol. The molecule has 0 unspecified atom stereocenters. The lowest BCUT2D eigenvalue weighted by Crippen LogP contribution is -1.86. The van der Waals surface area contributed by atoms with Crippen LogP contribution >= 0.6 is 0 Å². The SMILES string of the molecule is CCCCc1nc(O)c(C#N)[nH]1. The van der Waals surface area contributed by atoms with Gasteiger partial charge in [-0.05, 0) is 6.42 Å². The van der Waals surface area contributed by atoms with Gasteiger partial charge in [0.25, 0.3) is 0 Å². The van der Waals surface area contributed by atoms with Crippen molar-refractivity contribution in [2.45, 2.75) is 26.2 Å². The first-order chi connectivity index (χ1) is 5.77. The van der Waals surface area contributed by atoms with Crippen LogP contribution in [0.4, 0.5) is 0 Å². The second-order valence-corrected chi connectivity index (χ2v) is 2.60.